The van der Waals surface area contributed by atoms with Gasteiger partial charge in [0, 0.05) is 24.7 Å². The highest BCUT2D eigenvalue weighted by molar-refractivity contribution is 5.88. The van der Waals surface area contributed by atoms with Crippen molar-refractivity contribution in [2.75, 3.05) is 18.5 Å². The number of aliphatic hydroxyl groups is 1. The molecule has 0 aromatic heterocycles. The Morgan fingerprint density at radius 2 is 2.23 bits per heavy atom. The summed E-state index contributed by atoms with van der Waals surface area (Å²) in [7, 11) is 0. The number of hydrogen-bond acceptors (Lipinski definition) is 3. The number of anilines is 1. The molecule has 2 N–H and O–H groups in total. The Morgan fingerprint density at radius 1 is 1.45 bits per heavy atom. The van der Waals surface area contributed by atoms with Crippen LogP contribution in [0.3, 0.4) is 0 Å². The Kier molecular flexibility index (Phi) is 5.59. The van der Waals surface area contributed by atoms with Crippen LogP contribution in [0, 0.1) is 5.92 Å². The van der Waals surface area contributed by atoms with E-state index < -0.39 is 0 Å². The molecule has 122 valence electrons. The van der Waals surface area contributed by atoms with Crippen molar-refractivity contribution >= 4 is 11.6 Å². The first-order valence-corrected chi connectivity index (χ1v) is 8.17. The highest BCUT2D eigenvalue weighted by atomic mass is 16.3. The third-order valence-electron chi connectivity index (χ3n) is 4.44. The zero-order valence-corrected chi connectivity index (χ0v) is 13.9. The first kappa shape index (κ1) is 17.0. The fourth-order valence-corrected chi connectivity index (χ4v) is 3.65. The van der Waals surface area contributed by atoms with Gasteiger partial charge in [-0.05, 0) is 49.4 Å². The number of amides is 1. The molecule has 1 fully saturated rings. The fraction of sp³-hybridized carbons (Fsp3) is 0.611. The van der Waals surface area contributed by atoms with Gasteiger partial charge in [0.1, 0.15) is 0 Å². The van der Waals surface area contributed by atoms with E-state index >= 15 is 0 Å². The quantitative estimate of drug-likeness (QED) is 0.849. The molecular formula is C18H28N2O2. The number of aliphatic hydroxyl groups excluding tert-OH is 1. The van der Waals surface area contributed by atoms with Crippen LogP contribution in [0.5, 0.6) is 0 Å². The molecule has 1 unspecified atom stereocenters. The molecule has 4 heteroatoms. The molecule has 0 bridgehead atoms. The van der Waals surface area contributed by atoms with Crippen LogP contribution in [0.25, 0.3) is 0 Å². The van der Waals surface area contributed by atoms with E-state index in [1.165, 1.54) is 12.5 Å². The van der Waals surface area contributed by atoms with Crippen molar-refractivity contribution in [3.8, 4) is 0 Å². The van der Waals surface area contributed by atoms with Gasteiger partial charge < -0.3 is 10.4 Å². The van der Waals surface area contributed by atoms with Crippen molar-refractivity contribution in [3.63, 3.8) is 0 Å². The van der Waals surface area contributed by atoms with E-state index in [2.05, 4.69) is 30.1 Å². The topological polar surface area (TPSA) is 52.6 Å². The lowest BCUT2D eigenvalue weighted by atomic mass is 9.87. The molecule has 1 aromatic carbocycles. The largest absolute Gasteiger partial charge is 0.394 e. The van der Waals surface area contributed by atoms with Gasteiger partial charge in [-0.2, -0.15) is 0 Å². The maximum absolute atomic E-state index is 11.2. The number of nitrogens with one attached hydrogen (secondary N) is 1. The second-order valence-corrected chi connectivity index (χ2v) is 6.89. The van der Waals surface area contributed by atoms with E-state index in [-0.39, 0.29) is 18.1 Å². The Bertz CT molecular complexity index is 516. The number of likely N-dealkylation sites (tertiary alicyclic amines) is 1. The number of benzene rings is 1. The van der Waals surface area contributed by atoms with Crippen LogP contribution in [-0.2, 0) is 11.3 Å². The van der Waals surface area contributed by atoms with Gasteiger partial charge in [0.2, 0.25) is 5.91 Å². The maximum atomic E-state index is 11.2. The number of nitrogens with zero attached hydrogens (tertiary/aromatic N) is 1. The first-order valence-electron chi connectivity index (χ1n) is 8.17. The summed E-state index contributed by atoms with van der Waals surface area (Å²) in [6.45, 7) is 8.01. The van der Waals surface area contributed by atoms with Crippen molar-refractivity contribution in [1.29, 1.82) is 0 Å². The maximum Gasteiger partial charge on any atom is 0.221 e. The van der Waals surface area contributed by atoms with E-state index in [0.29, 0.717) is 5.92 Å². The van der Waals surface area contributed by atoms with Gasteiger partial charge in [0.05, 0.1) is 6.61 Å². The Hall–Kier alpha value is -1.39. The highest BCUT2D eigenvalue weighted by Gasteiger charge is 2.40. The average Bonchev–Trinajstić information content (AvgIpc) is 2.81. The monoisotopic (exact) mass is 304 g/mol. The minimum absolute atomic E-state index is 0.0529. The Labute approximate surface area is 133 Å². The minimum Gasteiger partial charge on any atom is -0.394 e. The van der Waals surface area contributed by atoms with Crippen LogP contribution in [0.1, 0.15) is 45.6 Å². The Morgan fingerprint density at radius 3 is 2.86 bits per heavy atom. The lowest BCUT2D eigenvalue weighted by molar-refractivity contribution is -0.114. The molecule has 0 aliphatic carbocycles. The smallest absolute Gasteiger partial charge is 0.221 e. The van der Waals surface area contributed by atoms with Crippen molar-refractivity contribution in [1.82, 2.24) is 4.90 Å². The van der Waals surface area contributed by atoms with Gasteiger partial charge in [0.15, 0.2) is 0 Å². The van der Waals surface area contributed by atoms with Crippen LogP contribution in [0.2, 0.25) is 0 Å². The molecule has 1 heterocycles. The van der Waals surface area contributed by atoms with Crippen LogP contribution in [0.15, 0.2) is 24.3 Å². The van der Waals surface area contributed by atoms with Gasteiger partial charge in [-0.3, -0.25) is 9.69 Å². The summed E-state index contributed by atoms with van der Waals surface area (Å²) >= 11 is 0. The van der Waals surface area contributed by atoms with E-state index in [1.54, 1.807) is 0 Å². The van der Waals surface area contributed by atoms with Crippen LogP contribution in [-0.4, -0.2) is 34.6 Å². The molecular weight excluding hydrogens is 276 g/mol. The molecule has 1 aliphatic heterocycles. The van der Waals surface area contributed by atoms with E-state index in [9.17, 15) is 9.90 Å². The van der Waals surface area contributed by atoms with Gasteiger partial charge in [-0.25, -0.2) is 0 Å². The zero-order valence-electron chi connectivity index (χ0n) is 13.9. The molecule has 0 spiro atoms. The second-order valence-electron chi connectivity index (χ2n) is 6.89. The van der Waals surface area contributed by atoms with E-state index in [4.69, 9.17) is 0 Å². The molecule has 1 aromatic rings. The number of carbonyl (C=O) groups is 1. The fourth-order valence-electron chi connectivity index (χ4n) is 3.65. The van der Waals surface area contributed by atoms with Crippen LogP contribution in [0.4, 0.5) is 5.69 Å². The standard InChI is InChI=1S/C18H28N2O2/c1-14(2)11-18(13-21)8-5-9-20(18)12-16-6-4-7-17(10-16)19-15(3)22/h4,6-7,10,14,21H,5,8-9,11-13H2,1-3H3,(H,19,22). The predicted molar refractivity (Wildman–Crippen MR) is 89.7 cm³/mol. The summed E-state index contributed by atoms with van der Waals surface area (Å²) in [6.07, 6.45) is 3.22. The predicted octanol–water partition coefficient (Wildman–Crippen LogP) is 3.02. The molecule has 1 amide bonds. The molecule has 22 heavy (non-hydrogen) atoms. The molecule has 4 nitrogen and oxygen atoms in total. The number of hydrogen-bond donors (Lipinski definition) is 2. The molecule has 1 atom stereocenters. The molecule has 1 saturated heterocycles. The lowest BCUT2D eigenvalue weighted by Crippen LogP contribution is -2.47. The zero-order chi connectivity index (χ0) is 16.2. The third-order valence-corrected chi connectivity index (χ3v) is 4.44. The third kappa shape index (κ3) is 4.08. The number of rotatable bonds is 6. The van der Waals surface area contributed by atoms with Crippen molar-refractivity contribution in [2.45, 2.75) is 52.1 Å². The summed E-state index contributed by atoms with van der Waals surface area (Å²) < 4.78 is 0. The second kappa shape index (κ2) is 7.25. The SMILES string of the molecule is CC(=O)Nc1cccc(CN2CCCC2(CO)CC(C)C)c1. The summed E-state index contributed by atoms with van der Waals surface area (Å²) in [6, 6.07) is 7.99. The summed E-state index contributed by atoms with van der Waals surface area (Å²) in [5.41, 5.74) is 1.93. The lowest BCUT2D eigenvalue weighted by Gasteiger charge is -2.38. The first-order chi connectivity index (χ1) is 10.4. The minimum atomic E-state index is -0.0851. The average molecular weight is 304 g/mol. The normalized spacial score (nSPS) is 22.2. The van der Waals surface area contributed by atoms with Gasteiger partial charge in [-0.1, -0.05) is 26.0 Å². The summed E-state index contributed by atoms with van der Waals surface area (Å²) in [5, 5.41) is 12.8. The van der Waals surface area contributed by atoms with Crippen LogP contribution >= 0.6 is 0 Å². The van der Waals surface area contributed by atoms with E-state index in [1.807, 2.05) is 18.2 Å². The van der Waals surface area contributed by atoms with Gasteiger partial charge in [0.25, 0.3) is 0 Å². The van der Waals surface area contributed by atoms with Gasteiger partial charge in [-0.15, -0.1) is 0 Å². The van der Waals surface area contributed by atoms with Crippen molar-refractivity contribution < 1.29 is 9.90 Å². The highest BCUT2D eigenvalue weighted by Crippen LogP contribution is 2.36. The summed E-state index contributed by atoms with van der Waals surface area (Å²) in [4.78, 5) is 13.6. The van der Waals surface area contributed by atoms with Crippen molar-refractivity contribution in [3.05, 3.63) is 29.8 Å². The van der Waals surface area contributed by atoms with E-state index in [0.717, 1.165) is 38.0 Å². The molecule has 2 rings (SSSR count). The van der Waals surface area contributed by atoms with Crippen LogP contribution < -0.4 is 5.32 Å². The molecule has 0 radical (unpaired) electrons. The number of carbonyl (C=O) groups excluding carboxylic acids is 1. The summed E-state index contributed by atoms with van der Waals surface area (Å²) in [5.74, 6) is 0.515. The van der Waals surface area contributed by atoms with Gasteiger partial charge >= 0.3 is 0 Å². The molecule has 0 saturated carbocycles. The molecule has 1 aliphatic rings. The van der Waals surface area contributed by atoms with Crippen molar-refractivity contribution in [2.24, 2.45) is 5.92 Å². The Balaban J connectivity index is 2.13.